The molecule has 154 valence electrons. The molecule has 1 aromatic heterocycles. The van der Waals surface area contributed by atoms with Crippen LogP contribution < -0.4 is 4.90 Å². The number of carbonyl (C=O) groups is 2. The first kappa shape index (κ1) is 19.7. The monoisotopic (exact) mass is 397 g/mol. The summed E-state index contributed by atoms with van der Waals surface area (Å²) in [6.45, 7) is 4.03. The van der Waals surface area contributed by atoms with Crippen LogP contribution in [0.15, 0.2) is 53.1 Å². The highest BCUT2D eigenvalue weighted by atomic mass is 16.5. The molecule has 2 fully saturated rings. The molecule has 1 atom stereocenters. The molecule has 2 aliphatic rings. The van der Waals surface area contributed by atoms with Gasteiger partial charge in [-0.3, -0.25) is 14.5 Å². The molecule has 29 heavy (non-hydrogen) atoms. The van der Waals surface area contributed by atoms with Crippen molar-refractivity contribution in [2.24, 2.45) is 0 Å². The highest BCUT2D eigenvalue weighted by Crippen LogP contribution is 2.19. The Morgan fingerprint density at radius 2 is 1.83 bits per heavy atom. The summed E-state index contributed by atoms with van der Waals surface area (Å²) in [5.41, 5.74) is 0.848. The molecule has 2 aromatic rings. The first-order valence-electron chi connectivity index (χ1n) is 10.2. The first-order valence-corrected chi connectivity index (χ1v) is 10.2. The number of hydrogen-bond acceptors (Lipinski definition) is 5. The van der Waals surface area contributed by atoms with Crippen molar-refractivity contribution in [2.45, 2.75) is 25.5 Å². The third-order valence-corrected chi connectivity index (χ3v) is 5.51. The van der Waals surface area contributed by atoms with Crippen LogP contribution in [-0.2, 0) is 20.9 Å². The van der Waals surface area contributed by atoms with E-state index in [0.717, 1.165) is 24.3 Å². The van der Waals surface area contributed by atoms with Crippen LogP contribution in [0, 0.1) is 0 Å². The summed E-state index contributed by atoms with van der Waals surface area (Å²) < 4.78 is 11.0. The largest absolute Gasteiger partial charge is 0.467 e. The minimum atomic E-state index is -0.273. The average Bonchev–Trinajstić information content (AvgIpc) is 3.47. The molecule has 2 aliphatic heterocycles. The fourth-order valence-corrected chi connectivity index (χ4v) is 3.87. The Morgan fingerprint density at radius 3 is 2.48 bits per heavy atom. The Bertz CT molecular complexity index is 795. The summed E-state index contributed by atoms with van der Waals surface area (Å²) >= 11 is 0. The summed E-state index contributed by atoms with van der Waals surface area (Å²) in [4.78, 5) is 31.3. The van der Waals surface area contributed by atoms with E-state index in [2.05, 4.69) is 4.90 Å². The molecule has 7 nitrogen and oxygen atoms in total. The molecule has 0 N–H and O–H groups in total. The summed E-state index contributed by atoms with van der Waals surface area (Å²) in [6.07, 6.45) is 3.12. The number of anilines is 1. The van der Waals surface area contributed by atoms with Crippen LogP contribution in [-0.4, -0.2) is 67.0 Å². The van der Waals surface area contributed by atoms with Gasteiger partial charge in [0.25, 0.3) is 5.91 Å². The van der Waals surface area contributed by atoms with Crippen LogP contribution in [0.2, 0.25) is 0 Å². The highest BCUT2D eigenvalue weighted by molar-refractivity contribution is 5.94. The molecule has 1 unspecified atom stereocenters. The Morgan fingerprint density at radius 1 is 1.03 bits per heavy atom. The normalized spacial score (nSPS) is 20.0. The molecular weight excluding hydrogens is 370 g/mol. The lowest BCUT2D eigenvalue weighted by molar-refractivity contribution is -0.142. The van der Waals surface area contributed by atoms with Gasteiger partial charge in [0.15, 0.2) is 0 Å². The van der Waals surface area contributed by atoms with Crippen molar-refractivity contribution in [1.82, 2.24) is 9.80 Å². The number of piperazine rings is 1. The van der Waals surface area contributed by atoms with E-state index in [1.807, 2.05) is 47.4 Å². The second-order valence-corrected chi connectivity index (χ2v) is 7.50. The van der Waals surface area contributed by atoms with Crippen molar-refractivity contribution in [3.8, 4) is 0 Å². The lowest BCUT2D eigenvalue weighted by Crippen LogP contribution is -2.53. The number of hydrogen-bond donors (Lipinski definition) is 0. The highest BCUT2D eigenvalue weighted by Gasteiger charge is 2.31. The van der Waals surface area contributed by atoms with E-state index in [1.165, 1.54) is 0 Å². The van der Waals surface area contributed by atoms with Gasteiger partial charge in [0.05, 0.1) is 19.4 Å². The van der Waals surface area contributed by atoms with Gasteiger partial charge in [-0.15, -0.1) is 0 Å². The smallest absolute Gasteiger partial charge is 0.251 e. The van der Waals surface area contributed by atoms with Gasteiger partial charge < -0.3 is 19.0 Å². The molecule has 7 heteroatoms. The SMILES string of the molecule is O=C(C1CCCO1)N1CCN(CC(=O)N(Cc2ccco2)c2ccccc2)CC1. The number of nitrogens with zero attached hydrogens (tertiary/aromatic N) is 3. The van der Waals surface area contributed by atoms with Crippen LogP contribution in [0.25, 0.3) is 0 Å². The molecule has 0 bridgehead atoms. The van der Waals surface area contributed by atoms with Crippen molar-refractivity contribution in [3.05, 3.63) is 54.5 Å². The zero-order chi connectivity index (χ0) is 20.1. The topological polar surface area (TPSA) is 66.2 Å². The molecule has 0 saturated carbocycles. The zero-order valence-electron chi connectivity index (χ0n) is 16.5. The Balaban J connectivity index is 1.35. The van der Waals surface area contributed by atoms with E-state index in [0.29, 0.717) is 45.9 Å². The van der Waals surface area contributed by atoms with Gasteiger partial charge in [-0.2, -0.15) is 0 Å². The van der Waals surface area contributed by atoms with Gasteiger partial charge in [-0.05, 0) is 37.1 Å². The number of ether oxygens (including phenoxy) is 1. The van der Waals surface area contributed by atoms with Crippen LogP contribution in [0.1, 0.15) is 18.6 Å². The molecule has 2 amide bonds. The van der Waals surface area contributed by atoms with E-state index >= 15 is 0 Å². The maximum Gasteiger partial charge on any atom is 0.251 e. The Labute approximate surface area is 170 Å². The minimum absolute atomic E-state index is 0.0199. The predicted molar refractivity (Wildman–Crippen MR) is 108 cm³/mol. The zero-order valence-corrected chi connectivity index (χ0v) is 16.5. The van der Waals surface area contributed by atoms with E-state index in [-0.39, 0.29) is 17.9 Å². The van der Waals surface area contributed by atoms with Gasteiger partial charge in [0.1, 0.15) is 11.9 Å². The van der Waals surface area contributed by atoms with Crippen molar-refractivity contribution in [1.29, 1.82) is 0 Å². The molecular formula is C22H27N3O4. The number of rotatable bonds is 6. The number of para-hydroxylation sites is 1. The molecule has 0 radical (unpaired) electrons. The van der Waals surface area contributed by atoms with Gasteiger partial charge in [-0.25, -0.2) is 0 Å². The summed E-state index contributed by atoms with van der Waals surface area (Å²) in [5.74, 6) is 0.859. The van der Waals surface area contributed by atoms with E-state index < -0.39 is 0 Å². The van der Waals surface area contributed by atoms with Gasteiger partial charge >= 0.3 is 0 Å². The quantitative estimate of drug-likeness (QED) is 0.747. The van der Waals surface area contributed by atoms with Crippen molar-refractivity contribution < 1.29 is 18.7 Å². The van der Waals surface area contributed by atoms with Gasteiger partial charge in [-0.1, -0.05) is 18.2 Å². The second kappa shape index (κ2) is 9.24. The summed E-state index contributed by atoms with van der Waals surface area (Å²) in [7, 11) is 0. The Kier molecular flexibility index (Phi) is 6.27. The lowest BCUT2D eigenvalue weighted by atomic mass is 10.2. The molecule has 3 heterocycles. The van der Waals surface area contributed by atoms with Crippen LogP contribution >= 0.6 is 0 Å². The average molecular weight is 397 g/mol. The van der Waals surface area contributed by atoms with E-state index in [1.54, 1.807) is 11.2 Å². The summed E-state index contributed by atoms with van der Waals surface area (Å²) in [6, 6.07) is 13.3. The van der Waals surface area contributed by atoms with Gasteiger partial charge in [0.2, 0.25) is 5.91 Å². The van der Waals surface area contributed by atoms with Gasteiger partial charge in [0, 0.05) is 38.5 Å². The number of carbonyl (C=O) groups excluding carboxylic acids is 2. The third kappa shape index (κ3) is 4.86. The van der Waals surface area contributed by atoms with Crippen molar-refractivity contribution in [2.75, 3.05) is 44.2 Å². The standard InChI is InChI=1S/C22H27N3O4/c26-21(25(16-19-8-4-14-28-19)18-6-2-1-3-7-18)17-23-10-12-24(13-11-23)22(27)20-9-5-15-29-20/h1-4,6-8,14,20H,5,9-13,15-17H2. The number of furan rings is 1. The predicted octanol–water partition coefficient (Wildman–Crippen LogP) is 2.14. The Hall–Kier alpha value is -2.64. The fourth-order valence-electron chi connectivity index (χ4n) is 3.87. The van der Waals surface area contributed by atoms with Crippen LogP contribution in [0.5, 0.6) is 0 Å². The molecule has 4 rings (SSSR count). The van der Waals surface area contributed by atoms with Crippen LogP contribution in [0.3, 0.4) is 0 Å². The lowest BCUT2D eigenvalue weighted by Gasteiger charge is -2.36. The summed E-state index contributed by atoms with van der Waals surface area (Å²) in [5, 5.41) is 0. The van der Waals surface area contributed by atoms with Crippen molar-refractivity contribution in [3.63, 3.8) is 0 Å². The minimum Gasteiger partial charge on any atom is -0.467 e. The molecule has 1 aromatic carbocycles. The molecule has 2 saturated heterocycles. The molecule has 0 aliphatic carbocycles. The number of amides is 2. The van der Waals surface area contributed by atoms with Crippen molar-refractivity contribution >= 4 is 17.5 Å². The maximum absolute atomic E-state index is 13.1. The van der Waals surface area contributed by atoms with E-state index in [4.69, 9.17) is 9.15 Å². The third-order valence-electron chi connectivity index (χ3n) is 5.51. The fraction of sp³-hybridized carbons (Fsp3) is 0.455. The van der Waals surface area contributed by atoms with Crippen LogP contribution in [0.4, 0.5) is 5.69 Å². The van der Waals surface area contributed by atoms with E-state index in [9.17, 15) is 9.59 Å². The number of benzene rings is 1. The maximum atomic E-state index is 13.1. The molecule has 0 spiro atoms. The second-order valence-electron chi connectivity index (χ2n) is 7.50. The first-order chi connectivity index (χ1) is 14.2.